The number of rotatable bonds is 6. The molecular formula is C28H38ClNaO7. The number of allylic oxidation sites excluding steroid dienone is 4. The SMILES string of the molecule is CCC(=O)OCC(=O)[C@@]1(OC(=O)CC)[C@@H](C)C[C@H]2[C@@H]3CCC4=CC(=O)C=C[C@]4(C)C3(Cl)[C@@H](O)C[C@@]21C.[NaH]. The molecule has 200 valence electrons. The Morgan fingerprint density at radius 2 is 1.78 bits per heavy atom. The molecule has 7 nitrogen and oxygen atoms in total. The molecule has 0 aromatic rings. The molecule has 9 heteroatoms. The van der Waals surface area contributed by atoms with Gasteiger partial charge in [0.1, 0.15) is 0 Å². The van der Waals surface area contributed by atoms with E-state index in [4.69, 9.17) is 21.1 Å². The van der Waals surface area contributed by atoms with E-state index in [-0.39, 0.29) is 72.4 Å². The van der Waals surface area contributed by atoms with Crippen molar-refractivity contribution in [2.45, 2.75) is 89.7 Å². The van der Waals surface area contributed by atoms with Crippen molar-refractivity contribution in [3.8, 4) is 0 Å². The van der Waals surface area contributed by atoms with Crippen LogP contribution in [0.4, 0.5) is 0 Å². The third-order valence-corrected chi connectivity index (χ3v) is 10.7. The van der Waals surface area contributed by atoms with Gasteiger partial charge in [-0.3, -0.25) is 19.2 Å². The topological polar surface area (TPSA) is 107 Å². The second-order valence-electron chi connectivity index (χ2n) is 11.4. The Kier molecular flexibility index (Phi) is 8.70. The number of fused-ring (bicyclic) bond motifs is 5. The molecule has 3 saturated carbocycles. The first kappa shape index (κ1) is 30.6. The number of Topliss-reactive ketones (excluding diaryl/α,β-unsaturated/α-hetero) is 1. The Labute approximate surface area is 246 Å². The molecule has 0 bridgehead atoms. The van der Waals surface area contributed by atoms with E-state index in [1.165, 1.54) is 6.08 Å². The average Bonchev–Trinajstić information content (AvgIpc) is 3.05. The van der Waals surface area contributed by atoms with Gasteiger partial charge >= 0.3 is 41.5 Å². The quantitative estimate of drug-likeness (QED) is 0.310. The maximum atomic E-state index is 13.9. The van der Waals surface area contributed by atoms with Gasteiger partial charge in [0.25, 0.3) is 0 Å². The van der Waals surface area contributed by atoms with Crippen molar-refractivity contribution >= 4 is 64.7 Å². The fourth-order valence-electron chi connectivity index (χ4n) is 8.01. The number of esters is 2. The van der Waals surface area contributed by atoms with Gasteiger partial charge in [0.15, 0.2) is 18.0 Å². The molecule has 4 rings (SSSR count). The molecule has 4 aliphatic carbocycles. The predicted octanol–water partition coefficient (Wildman–Crippen LogP) is 3.44. The van der Waals surface area contributed by atoms with Crippen LogP contribution in [0.25, 0.3) is 0 Å². The van der Waals surface area contributed by atoms with Gasteiger partial charge in [-0.2, -0.15) is 0 Å². The van der Waals surface area contributed by atoms with Crippen LogP contribution in [0.3, 0.4) is 0 Å². The summed E-state index contributed by atoms with van der Waals surface area (Å²) < 4.78 is 11.3. The molecule has 0 aromatic carbocycles. The summed E-state index contributed by atoms with van der Waals surface area (Å²) in [5.74, 6) is -2.24. The van der Waals surface area contributed by atoms with Crippen LogP contribution in [0.2, 0.25) is 0 Å². The summed E-state index contributed by atoms with van der Waals surface area (Å²) in [4.78, 5) is 49.5. The first-order valence-electron chi connectivity index (χ1n) is 13.0. The average molecular weight is 545 g/mol. The summed E-state index contributed by atoms with van der Waals surface area (Å²) in [6.07, 6.45) is 6.18. The number of hydrogen-bond acceptors (Lipinski definition) is 7. The molecule has 0 heterocycles. The molecule has 8 atom stereocenters. The summed E-state index contributed by atoms with van der Waals surface area (Å²) in [5.41, 5.74) is -2.27. The minimum absolute atomic E-state index is 0. The zero-order valence-corrected chi connectivity index (χ0v) is 22.5. The molecule has 0 aliphatic heterocycles. The van der Waals surface area contributed by atoms with E-state index in [2.05, 4.69) is 0 Å². The Morgan fingerprint density at radius 1 is 1.14 bits per heavy atom. The number of ether oxygens (including phenoxy) is 2. The standard InChI is InChI=1S/C28H37ClO7.Na.H/c1-6-23(33)35-15-22(32)28(36-24(34)7-2)16(3)12-20-19-9-8-17-13-18(30)10-11-25(17,4)27(19,29)21(31)14-26(20,28)5;;/h10-11,13,16,19-21,31H,6-9,12,14-15H2,1-5H3;;/t16-,19-,20-,21-,25-,26-,27?,28-;;/m0../s1. The van der Waals surface area contributed by atoms with E-state index >= 15 is 0 Å². The van der Waals surface area contributed by atoms with Crippen LogP contribution in [0.5, 0.6) is 0 Å². The molecule has 3 fully saturated rings. The van der Waals surface area contributed by atoms with E-state index in [1.807, 2.05) is 26.8 Å². The van der Waals surface area contributed by atoms with Crippen molar-refractivity contribution < 1.29 is 33.8 Å². The first-order valence-corrected chi connectivity index (χ1v) is 13.4. The van der Waals surface area contributed by atoms with Gasteiger partial charge in [0.2, 0.25) is 5.78 Å². The molecule has 4 aliphatic rings. The molecule has 1 N–H and O–H groups in total. The van der Waals surface area contributed by atoms with Crippen LogP contribution in [0.1, 0.15) is 73.1 Å². The van der Waals surface area contributed by atoms with Crippen LogP contribution >= 0.6 is 11.6 Å². The first-order chi connectivity index (χ1) is 16.8. The van der Waals surface area contributed by atoms with E-state index in [9.17, 15) is 24.3 Å². The summed E-state index contributed by atoms with van der Waals surface area (Å²) in [6.45, 7) is 8.61. The Balaban J connectivity index is 0.00000380. The third-order valence-electron chi connectivity index (χ3n) is 9.81. The number of carbonyl (C=O) groups is 4. The van der Waals surface area contributed by atoms with Gasteiger partial charge in [-0.1, -0.05) is 46.3 Å². The van der Waals surface area contributed by atoms with Gasteiger partial charge < -0.3 is 14.6 Å². The molecule has 0 spiro atoms. The van der Waals surface area contributed by atoms with Gasteiger partial charge in [0.05, 0.1) is 11.0 Å². The maximum absolute atomic E-state index is 13.9. The van der Waals surface area contributed by atoms with Crippen molar-refractivity contribution in [2.75, 3.05) is 6.61 Å². The van der Waals surface area contributed by atoms with E-state index in [0.717, 1.165) is 5.57 Å². The Morgan fingerprint density at radius 3 is 2.41 bits per heavy atom. The fraction of sp³-hybridized carbons (Fsp3) is 0.714. The van der Waals surface area contributed by atoms with Crippen molar-refractivity contribution in [1.82, 2.24) is 0 Å². The van der Waals surface area contributed by atoms with Crippen LogP contribution in [0, 0.1) is 28.6 Å². The number of aliphatic hydroxyl groups excluding tert-OH is 1. The molecule has 0 aromatic heterocycles. The van der Waals surface area contributed by atoms with Crippen LogP contribution in [0.15, 0.2) is 23.8 Å². The van der Waals surface area contributed by atoms with Gasteiger partial charge in [-0.05, 0) is 49.7 Å². The number of aliphatic hydroxyl groups is 1. The number of alkyl halides is 1. The van der Waals surface area contributed by atoms with Crippen molar-refractivity contribution in [3.05, 3.63) is 23.8 Å². The molecule has 37 heavy (non-hydrogen) atoms. The van der Waals surface area contributed by atoms with Gasteiger partial charge in [-0.15, -0.1) is 11.6 Å². The second-order valence-corrected chi connectivity index (χ2v) is 12.0. The molecule has 0 radical (unpaired) electrons. The van der Waals surface area contributed by atoms with Crippen molar-refractivity contribution in [1.29, 1.82) is 0 Å². The molecule has 0 amide bonds. The summed E-state index contributed by atoms with van der Waals surface area (Å²) >= 11 is 7.48. The van der Waals surface area contributed by atoms with E-state index in [0.29, 0.717) is 19.3 Å². The van der Waals surface area contributed by atoms with Gasteiger partial charge in [0, 0.05) is 29.6 Å². The number of carbonyl (C=O) groups excluding carboxylic acids is 4. The minimum atomic E-state index is -1.55. The predicted molar refractivity (Wildman–Crippen MR) is 140 cm³/mol. The molecule has 0 saturated heterocycles. The van der Waals surface area contributed by atoms with Crippen molar-refractivity contribution in [2.24, 2.45) is 28.6 Å². The molecule has 1 unspecified atom stereocenters. The zero-order chi connectivity index (χ0) is 26.7. The summed E-state index contributed by atoms with van der Waals surface area (Å²) in [5, 5.41) is 11.8. The van der Waals surface area contributed by atoms with Crippen LogP contribution in [-0.4, -0.2) is 81.4 Å². The zero-order valence-electron chi connectivity index (χ0n) is 21.8. The number of hydrogen-bond donors (Lipinski definition) is 1. The normalized spacial score (nSPS) is 41.9. The van der Waals surface area contributed by atoms with E-state index in [1.54, 1.807) is 19.9 Å². The number of ketones is 2. The van der Waals surface area contributed by atoms with E-state index < -0.39 is 51.7 Å². The summed E-state index contributed by atoms with van der Waals surface area (Å²) in [7, 11) is 0. The monoisotopic (exact) mass is 544 g/mol. The Bertz CT molecular complexity index is 1060. The van der Waals surface area contributed by atoms with Crippen LogP contribution < -0.4 is 0 Å². The second kappa shape index (κ2) is 10.5. The number of halogens is 1. The molecular weight excluding hydrogens is 507 g/mol. The summed E-state index contributed by atoms with van der Waals surface area (Å²) in [6, 6.07) is 0. The fourth-order valence-corrected chi connectivity index (χ4v) is 8.53. The van der Waals surface area contributed by atoms with Gasteiger partial charge in [-0.25, -0.2) is 0 Å². The van der Waals surface area contributed by atoms with Crippen molar-refractivity contribution in [3.63, 3.8) is 0 Å². The Hall–Kier alpha value is -0.990. The third kappa shape index (κ3) is 4.23. The van der Waals surface area contributed by atoms with Crippen LogP contribution in [-0.2, 0) is 28.7 Å².